The largest absolute Gasteiger partial charge is 0.390 e. The zero-order valence-corrected chi connectivity index (χ0v) is 17.3. The molecule has 0 saturated carbocycles. The predicted molar refractivity (Wildman–Crippen MR) is 113 cm³/mol. The third-order valence-corrected chi connectivity index (χ3v) is 5.57. The van der Waals surface area contributed by atoms with Crippen LogP contribution < -0.4 is 10.2 Å². The van der Waals surface area contributed by atoms with Gasteiger partial charge in [0, 0.05) is 57.1 Å². The summed E-state index contributed by atoms with van der Waals surface area (Å²) >= 11 is 0. The molecular weight excluding hydrogens is 364 g/mol. The van der Waals surface area contributed by atoms with Crippen molar-refractivity contribution < 1.29 is 9.90 Å². The molecule has 1 atom stereocenters. The maximum Gasteiger partial charge on any atom is 0.224 e. The van der Waals surface area contributed by atoms with Crippen LogP contribution in [0.5, 0.6) is 0 Å². The fraction of sp³-hybridized carbons (Fsp3) is 0.650. The van der Waals surface area contributed by atoms with E-state index in [0.717, 1.165) is 64.5 Å². The molecular formula is C20H33ClN4O2. The van der Waals surface area contributed by atoms with Gasteiger partial charge >= 0.3 is 0 Å². The van der Waals surface area contributed by atoms with Crippen molar-refractivity contribution >= 4 is 29.7 Å². The van der Waals surface area contributed by atoms with Crippen LogP contribution in [0, 0.1) is 0 Å². The van der Waals surface area contributed by atoms with Crippen molar-refractivity contribution in [2.75, 3.05) is 62.6 Å². The average Bonchev–Trinajstić information content (AvgIpc) is 2.66. The van der Waals surface area contributed by atoms with Crippen LogP contribution in [-0.2, 0) is 11.2 Å². The molecule has 152 valence electrons. The van der Waals surface area contributed by atoms with Crippen LogP contribution in [0.1, 0.15) is 25.8 Å². The van der Waals surface area contributed by atoms with Crippen molar-refractivity contribution in [3.8, 4) is 0 Å². The van der Waals surface area contributed by atoms with Gasteiger partial charge in [0.05, 0.1) is 6.10 Å². The van der Waals surface area contributed by atoms with Gasteiger partial charge in [-0.1, -0.05) is 19.9 Å². The van der Waals surface area contributed by atoms with E-state index in [1.807, 2.05) is 12.1 Å². The standard InChI is InChI=1S/C20H32N4O2.ClH/c1-3-22(4-2)14-16(25)15-23-10-12-24(13-11-23)19-7-5-6-18-17(19)8-9-20(26)21-18;/h5-7,16,25H,3-4,8-15H2,1-2H3,(H,21,26);1H. The molecule has 7 heteroatoms. The third-order valence-electron chi connectivity index (χ3n) is 5.57. The van der Waals surface area contributed by atoms with Crippen LogP contribution in [0.3, 0.4) is 0 Å². The molecule has 2 heterocycles. The highest BCUT2D eigenvalue weighted by molar-refractivity contribution is 5.95. The van der Waals surface area contributed by atoms with Gasteiger partial charge in [-0.05, 0) is 37.2 Å². The second kappa shape index (κ2) is 10.3. The molecule has 0 spiro atoms. The first-order valence-corrected chi connectivity index (χ1v) is 9.90. The average molecular weight is 397 g/mol. The first-order chi connectivity index (χ1) is 12.6. The number of β-amino-alcohol motifs (C(OH)–C–C–N with tert-alkyl or cyclic N) is 1. The first kappa shape index (κ1) is 22.0. The van der Waals surface area contributed by atoms with E-state index in [1.54, 1.807) is 0 Å². The lowest BCUT2D eigenvalue weighted by Gasteiger charge is -2.38. The minimum atomic E-state index is -0.291. The van der Waals surface area contributed by atoms with Crippen LogP contribution >= 0.6 is 12.4 Å². The number of benzene rings is 1. The van der Waals surface area contributed by atoms with Crippen molar-refractivity contribution in [2.24, 2.45) is 0 Å². The number of carbonyl (C=O) groups is 1. The normalized spacial score (nSPS) is 18.7. The molecule has 6 nitrogen and oxygen atoms in total. The van der Waals surface area contributed by atoms with E-state index in [-0.39, 0.29) is 24.4 Å². The molecule has 1 fully saturated rings. The van der Waals surface area contributed by atoms with Gasteiger partial charge in [0.2, 0.25) is 5.91 Å². The van der Waals surface area contributed by atoms with Crippen molar-refractivity contribution in [1.82, 2.24) is 9.80 Å². The minimum absolute atomic E-state index is 0. The number of anilines is 2. The van der Waals surface area contributed by atoms with Crippen molar-refractivity contribution in [1.29, 1.82) is 0 Å². The van der Waals surface area contributed by atoms with Gasteiger partial charge in [-0.2, -0.15) is 0 Å². The molecule has 0 aromatic heterocycles. The summed E-state index contributed by atoms with van der Waals surface area (Å²) in [6.07, 6.45) is 1.10. The molecule has 1 unspecified atom stereocenters. The Labute approximate surface area is 168 Å². The van der Waals surface area contributed by atoms with Crippen molar-refractivity contribution in [3.63, 3.8) is 0 Å². The molecule has 0 aliphatic carbocycles. The Morgan fingerprint density at radius 2 is 1.85 bits per heavy atom. The molecule has 0 radical (unpaired) electrons. The lowest BCUT2D eigenvalue weighted by molar-refractivity contribution is -0.116. The lowest BCUT2D eigenvalue weighted by atomic mass is 10.00. The van der Waals surface area contributed by atoms with E-state index in [1.165, 1.54) is 11.3 Å². The number of nitrogens with zero attached hydrogens (tertiary/aromatic N) is 3. The van der Waals surface area contributed by atoms with Gasteiger partial charge in [0.25, 0.3) is 0 Å². The summed E-state index contributed by atoms with van der Waals surface area (Å²) < 4.78 is 0. The summed E-state index contributed by atoms with van der Waals surface area (Å²) in [5.41, 5.74) is 3.49. The first-order valence-electron chi connectivity index (χ1n) is 9.90. The second-order valence-electron chi connectivity index (χ2n) is 7.28. The number of hydrogen-bond donors (Lipinski definition) is 2. The van der Waals surface area contributed by atoms with E-state index >= 15 is 0 Å². The number of halogens is 1. The quantitative estimate of drug-likeness (QED) is 0.736. The number of rotatable bonds is 7. The number of likely N-dealkylation sites (N-methyl/N-ethyl adjacent to an activating group) is 1. The Kier molecular flexibility index (Phi) is 8.35. The smallest absolute Gasteiger partial charge is 0.224 e. The van der Waals surface area contributed by atoms with Crippen molar-refractivity contribution in [2.45, 2.75) is 32.8 Å². The highest BCUT2D eigenvalue weighted by atomic mass is 35.5. The minimum Gasteiger partial charge on any atom is -0.390 e. The molecule has 1 aromatic carbocycles. The van der Waals surface area contributed by atoms with Gasteiger partial charge in [0.1, 0.15) is 0 Å². The highest BCUT2D eigenvalue weighted by Crippen LogP contribution is 2.32. The Morgan fingerprint density at radius 3 is 2.52 bits per heavy atom. The number of hydrogen-bond acceptors (Lipinski definition) is 5. The Morgan fingerprint density at radius 1 is 1.15 bits per heavy atom. The Hall–Kier alpha value is -1.34. The maximum atomic E-state index is 11.6. The number of aliphatic hydroxyl groups excluding tert-OH is 1. The molecule has 1 amide bonds. The van der Waals surface area contributed by atoms with E-state index in [4.69, 9.17) is 0 Å². The van der Waals surface area contributed by atoms with Crippen LogP contribution in [0.15, 0.2) is 18.2 Å². The summed E-state index contributed by atoms with van der Waals surface area (Å²) in [4.78, 5) is 18.7. The Bertz CT molecular complexity index is 616. The number of aliphatic hydroxyl groups is 1. The van der Waals surface area contributed by atoms with E-state index in [0.29, 0.717) is 6.42 Å². The zero-order chi connectivity index (χ0) is 18.5. The number of amides is 1. The van der Waals surface area contributed by atoms with Gasteiger partial charge in [0.15, 0.2) is 0 Å². The van der Waals surface area contributed by atoms with E-state index < -0.39 is 0 Å². The summed E-state index contributed by atoms with van der Waals surface area (Å²) in [5, 5.41) is 13.4. The number of fused-ring (bicyclic) bond motifs is 1. The molecule has 1 saturated heterocycles. The van der Waals surface area contributed by atoms with E-state index in [2.05, 4.69) is 39.9 Å². The SMILES string of the molecule is CCN(CC)CC(O)CN1CCN(c2cccc3c2CCC(=O)N3)CC1.Cl. The molecule has 3 rings (SSSR count). The Balaban J connectivity index is 0.00000261. The molecule has 2 aliphatic rings. The molecule has 2 N–H and O–H groups in total. The fourth-order valence-electron chi connectivity index (χ4n) is 4.01. The summed E-state index contributed by atoms with van der Waals surface area (Å²) in [6, 6.07) is 6.19. The predicted octanol–water partition coefficient (Wildman–Crippen LogP) is 1.82. The molecule has 27 heavy (non-hydrogen) atoms. The number of carbonyl (C=O) groups excluding carboxylic acids is 1. The highest BCUT2D eigenvalue weighted by Gasteiger charge is 2.24. The van der Waals surface area contributed by atoms with E-state index in [9.17, 15) is 9.90 Å². The van der Waals surface area contributed by atoms with Crippen LogP contribution in [0.25, 0.3) is 0 Å². The van der Waals surface area contributed by atoms with Crippen molar-refractivity contribution in [3.05, 3.63) is 23.8 Å². The monoisotopic (exact) mass is 396 g/mol. The summed E-state index contributed by atoms with van der Waals surface area (Å²) in [6.45, 7) is 11.6. The maximum absolute atomic E-state index is 11.6. The second-order valence-corrected chi connectivity index (χ2v) is 7.28. The van der Waals surface area contributed by atoms with Gasteiger partial charge in [-0.3, -0.25) is 9.69 Å². The van der Waals surface area contributed by atoms with Gasteiger partial charge in [-0.25, -0.2) is 0 Å². The van der Waals surface area contributed by atoms with Gasteiger partial charge in [-0.15, -0.1) is 12.4 Å². The fourth-order valence-corrected chi connectivity index (χ4v) is 4.01. The molecule has 1 aromatic rings. The summed E-state index contributed by atoms with van der Waals surface area (Å²) in [7, 11) is 0. The van der Waals surface area contributed by atoms with Crippen LogP contribution in [-0.4, -0.2) is 79.3 Å². The molecule has 0 bridgehead atoms. The lowest BCUT2D eigenvalue weighted by Crippen LogP contribution is -2.50. The number of nitrogens with one attached hydrogen (secondary N) is 1. The topological polar surface area (TPSA) is 59.1 Å². The third kappa shape index (κ3) is 5.57. The summed E-state index contributed by atoms with van der Waals surface area (Å²) in [5.74, 6) is 0.113. The number of piperazine rings is 1. The molecule has 2 aliphatic heterocycles. The van der Waals surface area contributed by atoms with Gasteiger partial charge < -0.3 is 20.2 Å². The van der Waals surface area contributed by atoms with Crippen LogP contribution in [0.2, 0.25) is 0 Å². The zero-order valence-electron chi connectivity index (χ0n) is 16.5. The van der Waals surface area contributed by atoms with Crippen LogP contribution in [0.4, 0.5) is 11.4 Å².